The average molecular weight is 335 g/mol. The first kappa shape index (κ1) is 15.5. The minimum absolute atomic E-state index is 0.107. The Morgan fingerprint density at radius 1 is 1.38 bits per heavy atom. The summed E-state index contributed by atoms with van der Waals surface area (Å²) in [6, 6.07) is -0.291. The SMILES string of the molecule is CCN1C(=O)[C@H]2CN(C(=O)c3cnon3)CCN2C12CCOCC2. The molecule has 3 saturated heterocycles. The van der Waals surface area contributed by atoms with Gasteiger partial charge < -0.3 is 14.5 Å². The van der Waals surface area contributed by atoms with Crippen LogP contribution in [-0.2, 0) is 9.53 Å². The van der Waals surface area contributed by atoms with Gasteiger partial charge in [0, 0.05) is 39.0 Å². The highest BCUT2D eigenvalue weighted by Gasteiger charge is 2.58. The maximum Gasteiger partial charge on any atom is 0.277 e. The van der Waals surface area contributed by atoms with Crippen LogP contribution in [0.15, 0.2) is 10.8 Å². The van der Waals surface area contributed by atoms with Crippen LogP contribution >= 0.6 is 0 Å². The standard InChI is InChI=1S/C15H21N5O4/c1-2-19-14(22)12-10-18(13(21)11-9-16-24-17-11)5-6-20(12)15(19)3-7-23-8-4-15/h9,12H,2-8,10H2,1H3/t12-/m1/s1. The average Bonchev–Trinajstić information content (AvgIpc) is 3.22. The van der Waals surface area contributed by atoms with E-state index >= 15 is 0 Å². The Balaban J connectivity index is 1.58. The van der Waals surface area contributed by atoms with Gasteiger partial charge in [0.25, 0.3) is 5.91 Å². The maximum absolute atomic E-state index is 13.0. The Kier molecular flexibility index (Phi) is 3.76. The number of piperazine rings is 1. The Morgan fingerprint density at radius 2 is 2.17 bits per heavy atom. The van der Waals surface area contributed by atoms with Gasteiger partial charge in [0.15, 0.2) is 5.69 Å². The van der Waals surface area contributed by atoms with Crippen LogP contribution in [0, 0.1) is 0 Å². The molecular formula is C15H21N5O4. The third-order valence-corrected chi connectivity index (χ3v) is 5.45. The molecule has 3 aliphatic heterocycles. The van der Waals surface area contributed by atoms with E-state index in [1.807, 2.05) is 11.8 Å². The zero-order chi connectivity index (χ0) is 16.7. The molecule has 130 valence electrons. The number of carbonyl (C=O) groups is 2. The van der Waals surface area contributed by atoms with E-state index in [0.29, 0.717) is 39.4 Å². The molecule has 1 aromatic rings. The van der Waals surface area contributed by atoms with Crippen molar-refractivity contribution in [2.45, 2.75) is 31.5 Å². The topological polar surface area (TPSA) is 92.0 Å². The van der Waals surface area contributed by atoms with E-state index in [-0.39, 0.29) is 29.2 Å². The van der Waals surface area contributed by atoms with Crippen LogP contribution in [0.5, 0.6) is 0 Å². The molecule has 2 amide bonds. The predicted octanol–water partition coefficient (Wildman–Crippen LogP) is -0.435. The Bertz CT molecular complexity index is 628. The first-order chi connectivity index (χ1) is 11.7. The lowest BCUT2D eigenvalue weighted by molar-refractivity contribution is -0.135. The summed E-state index contributed by atoms with van der Waals surface area (Å²) < 4.78 is 10.0. The molecule has 4 heterocycles. The van der Waals surface area contributed by atoms with Crippen LogP contribution in [0.4, 0.5) is 0 Å². The van der Waals surface area contributed by atoms with Gasteiger partial charge in [-0.1, -0.05) is 5.16 Å². The zero-order valence-corrected chi connectivity index (χ0v) is 13.7. The summed E-state index contributed by atoms with van der Waals surface area (Å²) in [4.78, 5) is 31.4. The predicted molar refractivity (Wildman–Crippen MR) is 80.9 cm³/mol. The number of ether oxygens (including phenoxy) is 1. The molecule has 24 heavy (non-hydrogen) atoms. The molecule has 0 unspecified atom stereocenters. The molecule has 0 saturated carbocycles. The molecule has 9 heteroatoms. The highest BCUT2D eigenvalue weighted by atomic mass is 16.6. The molecule has 0 aliphatic carbocycles. The van der Waals surface area contributed by atoms with Crippen molar-refractivity contribution in [3.8, 4) is 0 Å². The van der Waals surface area contributed by atoms with Crippen molar-refractivity contribution in [2.75, 3.05) is 39.4 Å². The van der Waals surface area contributed by atoms with E-state index in [9.17, 15) is 9.59 Å². The van der Waals surface area contributed by atoms with Crippen molar-refractivity contribution in [3.05, 3.63) is 11.9 Å². The van der Waals surface area contributed by atoms with E-state index < -0.39 is 0 Å². The molecule has 1 atom stereocenters. The van der Waals surface area contributed by atoms with Gasteiger partial charge in [-0.15, -0.1) is 0 Å². The second kappa shape index (κ2) is 5.82. The molecule has 0 radical (unpaired) electrons. The van der Waals surface area contributed by atoms with E-state index in [2.05, 4.69) is 19.8 Å². The van der Waals surface area contributed by atoms with Crippen molar-refractivity contribution in [2.24, 2.45) is 0 Å². The third-order valence-electron chi connectivity index (χ3n) is 5.45. The second-order valence-electron chi connectivity index (χ2n) is 6.43. The first-order valence-corrected chi connectivity index (χ1v) is 8.40. The monoisotopic (exact) mass is 335 g/mol. The number of hydrogen-bond acceptors (Lipinski definition) is 7. The highest BCUT2D eigenvalue weighted by Crippen LogP contribution is 2.40. The van der Waals surface area contributed by atoms with Crippen LogP contribution in [-0.4, -0.2) is 87.9 Å². The van der Waals surface area contributed by atoms with Crippen LogP contribution in [0.3, 0.4) is 0 Å². The van der Waals surface area contributed by atoms with Crippen molar-refractivity contribution in [1.29, 1.82) is 0 Å². The van der Waals surface area contributed by atoms with Gasteiger partial charge in [0.05, 0.1) is 13.2 Å². The number of nitrogens with zero attached hydrogens (tertiary/aromatic N) is 5. The minimum Gasteiger partial charge on any atom is -0.381 e. The lowest BCUT2D eigenvalue weighted by Gasteiger charge is -2.48. The van der Waals surface area contributed by atoms with Gasteiger partial charge in [-0.05, 0) is 12.1 Å². The van der Waals surface area contributed by atoms with Crippen molar-refractivity contribution >= 4 is 11.8 Å². The molecule has 3 fully saturated rings. The van der Waals surface area contributed by atoms with Gasteiger partial charge in [-0.25, -0.2) is 4.63 Å². The normalized spacial score (nSPS) is 26.9. The lowest BCUT2D eigenvalue weighted by Crippen LogP contribution is -2.62. The number of likely N-dealkylation sites (N-methyl/N-ethyl adjacent to an activating group) is 1. The van der Waals surface area contributed by atoms with Crippen molar-refractivity contribution < 1.29 is 19.0 Å². The van der Waals surface area contributed by atoms with Crippen molar-refractivity contribution in [3.63, 3.8) is 0 Å². The highest BCUT2D eigenvalue weighted by molar-refractivity contribution is 5.93. The van der Waals surface area contributed by atoms with Gasteiger partial charge in [-0.2, -0.15) is 0 Å². The number of amides is 2. The first-order valence-electron chi connectivity index (χ1n) is 8.40. The summed E-state index contributed by atoms with van der Waals surface area (Å²) in [6.45, 7) is 5.63. The van der Waals surface area contributed by atoms with Crippen LogP contribution in [0.2, 0.25) is 0 Å². The summed E-state index contributed by atoms with van der Waals surface area (Å²) >= 11 is 0. The van der Waals surface area contributed by atoms with E-state index in [4.69, 9.17) is 4.74 Å². The fraction of sp³-hybridized carbons (Fsp3) is 0.733. The Labute approximate surface area is 139 Å². The van der Waals surface area contributed by atoms with E-state index in [1.54, 1.807) is 4.90 Å². The van der Waals surface area contributed by atoms with Crippen molar-refractivity contribution in [1.82, 2.24) is 25.0 Å². The van der Waals surface area contributed by atoms with Gasteiger partial charge in [0.1, 0.15) is 17.9 Å². The fourth-order valence-electron chi connectivity index (χ4n) is 4.34. The summed E-state index contributed by atoms with van der Waals surface area (Å²) in [7, 11) is 0. The Hall–Kier alpha value is -2.00. The summed E-state index contributed by atoms with van der Waals surface area (Å²) in [5, 5.41) is 7.09. The van der Waals surface area contributed by atoms with Gasteiger partial charge in [0.2, 0.25) is 5.91 Å². The smallest absolute Gasteiger partial charge is 0.277 e. The molecule has 9 nitrogen and oxygen atoms in total. The fourth-order valence-corrected chi connectivity index (χ4v) is 4.34. The van der Waals surface area contributed by atoms with E-state index in [1.165, 1.54) is 6.20 Å². The molecule has 1 spiro atoms. The molecule has 1 aromatic heterocycles. The summed E-state index contributed by atoms with van der Waals surface area (Å²) in [5.41, 5.74) is -0.0682. The van der Waals surface area contributed by atoms with Crippen LogP contribution in [0.25, 0.3) is 0 Å². The third kappa shape index (κ3) is 2.15. The molecule has 0 bridgehead atoms. The summed E-state index contributed by atoms with van der Waals surface area (Å²) in [6.07, 6.45) is 2.96. The summed E-state index contributed by atoms with van der Waals surface area (Å²) in [5.74, 6) is -0.130. The quantitative estimate of drug-likeness (QED) is 0.724. The lowest BCUT2D eigenvalue weighted by atomic mass is 9.96. The van der Waals surface area contributed by atoms with Gasteiger partial charge >= 0.3 is 0 Å². The maximum atomic E-state index is 13.0. The molecular weight excluding hydrogens is 314 g/mol. The molecule has 0 N–H and O–H groups in total. The number of aromatic nitrogens is 2. The number of hydrogen-bond donors (Lipinski definition) is 0. The minimum atomic E-state index is -0.291. The molecule has 4 rings (SSSR count). The largest absolute Gasteiger partial charge is 0.381 e. The van der Waals surface area contributed by atoms with Crippen LogP contribution in [0.1, 0.15) is 30.3 Å². The van der Waals surface area contributed by atoms with Gasteiger partial charge in [-0.3, -0.25) is 14.5 Å². The van der Waals surface area contributed by atoms with Crippen LogP contribution < -0.4 is 0 Å². The molecule has 0 aromatic carbocycles. The molecule has 3 aliphatic rings. The second-order valence-corrected chi connectivity index (χ2v) is 6.43. The van der Waals surface area contributed by atoms with E-state index in [0.717, 1.165) is 12.8 Å². The zero-order valence-electron chi connectivity index (χ0n) is 13.7. The number of carbonyl (C=O) groups excluding carboxylic acids is 2. The number of fused-ring (bicyclic) bond motifs is 2. The number of rotatable bonds is 2. The Morgan fingerprint density at radius 3 is 2.83 bits per heavy atom.